The van der Waals surface area contributed by atoms with Crippen molar-refractivity contribution < 1.29 is 14.6 Å². The number of aliphatic carboxylic acids is 1. The molecule has 2 rings (SSSR count). The van der Waals surface area contributed by atoms with Crippen molar-refractivity contribution in [1.82, 2.24) is 9.80 Å². The van der Waals surface area contributed by atoms with Crippen LogP contribution in [-0.4, -0.2) is 49.1 Å². The molecule has 0 radical (unpaired) electrons. The molecule has 5 heteroatoms. The molecule has 1 atom stereocenters. The number of hydrogen-bond acceptors (Lipinski definition) is 4. The van der Waals surface area contributed by atoms with Gasteiger partial charge in [0.1, 0.15) is 11.8 Å². The zero-order valence-corrected chi connectivity index (χ0v) is 16.2. The number of ether oxygens (including phenoxy) is 1. The van der Waals surface area contributed by atoms with E-state index in [2.05, 4.69) is 29.2 Å². The number of methoxy groups -OCH3 is 1. The Balaban J connectivity index is 2.23. The van der Waals surface area contributed by atoms with Crippen molar-refractivity contribution in [2.75, 3.05) is 28.3 Å². The standard InChI is InChI=1S/C21H28N2O3/c1-15-6-11-19(26-5)18(12-15)20(21(24)25)23(4)14-17-9-7-16(8-10-17)13-22(2)3/h6-12,20H,13-14H2,1-5H3,(H,24,25)/t20-/m1/s1. The minimum Gasteiger partial charge on any atom is -0.496 e. The number of rotatable bonds is 8. The van der Waals surface area contributed by atoms with Crippen LogP contribution in [-0.2, 0) is 17.9 Å². The van der Waals surface area contributed by atoms with Gasteiger partial charge in [0.25, 0.3) is 0 Å². The van der Waals surface area contributed by atoms with Gasteiger partial charge in [-0.15, -0.1) is 0 Å². The lowest BCUT2D eigenvalue weighted by Crippen LogP contribution is -2.31. The zero-order chi connectivity index (χ0) is 19.3. The minimum absolute atomic E-state index is 0.538. The van der Waals surface area contributed by atoms with Crippen molar-refractivity contribution >= 4 is 5.97 Å². The van der Waals surface area contributed by atoms with Gasteiger partial charge in [0.15, 0.2) is 0 Å². The van der Waals surface area contributed by atoms with Gasteiger partial charge < -0.3 is 14.7 Å². The fourth-order valence-corrected chi connectivity index (χ4v) is 3.12. The van der Waals surface area contributed by atoms with Crippen LogP contribution in [0.4, 0.5) is 0 Å². The first kappa shape index (κ1) is 19.9. The highest BCUT2D eigenvalue weighted by molar-refractivity contribution is 5.76. The number of nitrogens with zero attached hydrogens (tertiary/aromatic N) is 2. The summed E-state index contributed by atoms with van der Waals surface area (Å²) >= 11 is 0. The van der Waals surface area contributed by atoms with E-state index in [9.17, 15) is 9.90 Å². The monoisotopic (exact) mass is 356 g/mol. The largest absolute Gasteiger partial charge is 0.496 e. The lowest BCUT2D eigenvalue weighted by molar-refractivity contribution is -0.143. The molecule has 26 heavy (non-hydrogen) atoms. The van der Waals surface area contributed by atoms with E-state index in [4.69, 9.17) is 4.74 Å². The molecular formula is C21H28N2O3. The summed E-state index contributed by atoms with van der Waals surface area (Å²) in [5.74, 6) is -0.295. The molecule has 0 unspecified atom stereocenters. The fraction of sp³-hybridized carbons (Fsp3) is 0.381. The molecule has 2 aromatic carbocycles. The Morgan fingerprint density at radius 2 is 1.62 bits per heavy atom. The number of aryl methyl sites for hydroxylation is 1. The molecule has 0 amide bonds. The Morgan fingerprint density at radius 1 is 1.04 bits per heavy atom. The van der Waals surface area contributed by atoms with Gasteiger partial charge in [-0.2, -0.15) is 0 Å². The molecule has 0 heterocycles. The number of benzene rings is 2. The first-order valence-corrected chi connectivity index (χ1v) is 8.62. The van der Waals surface area contributed by atoms with Gasteiger partial charge in [0.05, 0.1) is 7.11 Å². The normalized spacial score (nSPS) is 12.4. The summed E-state index contributed by atoms with van der Waals surface area (Å²) in [5, 5.41) is 9.83. The van der Waals surface area contributed by atoms with Crippen LogP contribution < -0.4 is 4.74 Å². The summed E-state index contributed by atoms with van der Waals surface area (Å²) in [4.78, 5) is 15.9. The Hall–Kier alpha value is -2.37. The third-order valence-electron chi connectivity index (χ3n) is 4.31. The maximum atomic E-state index is 12.0. The van der Waals surface area contributed by atoms with E-state index < -0.39 is 12.0 Å². The summed E-state index contributed by atoms with van der Waals surface area (Å²) in [6.45, 7) is 3.37. The molecule has 5 nitrogen and oxygen atoms in total. The highest BCUT2D eigenvalue weighted by atomic mass is 16.5. The van der Waals surface area contributed by atoms with Crippen molar-refractivity contribution in [3.63, 3.8) is 0 Å². The van der Waals surface area contributed by atoms with Crippen molar-refractivity contribution in [1.29, 1.82) is 0 Å². The average molecular weight is 356 g/mol. The van der Waals surface area contributed by atoms with Crippen LogP contribution in [0, 0.1) is 6.92 Å². The van der Waals surface area contributed by atoms with Crippen LogP contribution in [0.5, 0.6) is 5.75 Å². The summed E-state index contributed by atoms with van der Waals surface area (Å²) in [7, 11) is 7.47. The van der Waals surface area contributed by atoms with Crippen LogP contribution in [0.1, 0.15) is 28.3 Å². The van der Waals surface area contributed by atoms with E-state index in [1.807, 2.05) is 51.2 Å². The lowest BCUT2D eigenvalue weighted by atomic mass is 10.0. The maximum absolute atomic E-state index is 12.0. The van der Waals surface area contributed by atoms with Crippen LogP contribution in [0.15, 0.2) is 42.5 Å². The second-order valence-electron chi connectivity index (χ2n) is 6.96. The quantitative estimate of drug-likeness (QED) is 0.786. The fourth-order valence-electron chi connectivity index (χ4n) is 3.12. The Morgan fingerprint density at radius 3 is 2.12 bits per heavy atom. The number of carboxylic acid groups (broad SMARTS) is 1. The number of hydrogen-bond donors (Lipinski definition) is 1. The first-order chi connectivity index (χ1) is 12.3. The first-order valence-electron chi connectivity index (χ1n) is 8.62. The van der Waals surface area contributed by atoms with Crippen molar-refractivity contribution in [3.05, 3.63) is 64.7 Å². The second kappa shape index (κ2) is 8.83. The SMILES string of the molecule is COc1ccc(C)cc1[C@H](C(=O)O)N(C)Cc1ccc(CN(C)C)cc1. The second-order valence-corrected chi connectivity index (χ2v) is 6.96. The highest BCUT2D eigenvalue weighted by Gasteiger charge is 2.28. The molecule has 140 valence electrons. The van der Waals surface area contributed by atoms with E-state index >= 15 is 0 Å². The Kier molecular flexibility index (Phi) is 6.77. The van der Waals surface area contributed by atoms with E-state index in [-0.39, 0.29) is 0 Å². The van der Waals surface area contributed by atoms with Crippen molar-refractivity contribution in [3.8, 4) is 5.75 Å². The van der Waals surface area contributed by atoms with Crippen LogP contribution >= 0.6 is 0 Å². The summed E-state index contributed by atoms with van der Waals surface area (Å²) < 4.78 is 5.39. The molecule has 0 aliphatic heterocycles. The smallest absolute Gasteiger partial charge is 0.325 e. The molecule has 0 spiro atoms. The van der Waals surface area contributed by atoms with E-state index in [0.29, 0.717) is 17.9 Å². The molecular weight excluding hydrogens is 328 g/mol. The van der Waals surface area contributed by atoms with Gasteiger partial charge in [-0.3, -0.25) is 9.69 Å². The average Bonchev–Trinajstić information content (AvgIpc) is 2.56. The Labute approximate surface area is 155 Å². The van der Waals surface area contributed by atoms with Gasteiger partial charge in [-0.1, -0.05) is 42.0 Å². The van der Waals surface area contributed by atoms with Gasteiger partial charge >= 0.3 is 5.97 Å². The number of carbonyl (C=O) groups is 1. The molecule has 0 fully saturated rings. The predicted molar refractivity (Wildman–Crippen MR) is 103 cm³/mol. The Bertz CT molecular complexity index is 741. The molecule has 0 saturated heterocycles. The van der Waals surface area contributed by atoms with Gasteiger partial charge in [-0.25, -0.2) is 0 Å². The van der Waals surface area contributed by atoms with E-state index in [1.165, 1.54) is 5.56 Å². The highest BCUT2D eigenvalue weighted by Crippen LogP contribution is 2.31. The lowest BCUT2D eigenvalue weighted by Gasteiger charge is -2.26. The molecule has 0 saturated carbocycles. The number of likely N-dealkylation sites (N-methyl/N-ethyl adjacent to an activating group) is 1. The van der Waals surface area contributed by atoms with Crippen LogP contribution in [0.3, 0.4) is 0 Å². The number of carboxylic acids is 1. The van der Waals surface area contributed by atoms with Crippen LogP contribution in [0.2, 0.25) is 0 Å². The van der Waals surface area contributed by atoms with Crippen LogP contribution in [0.25, 0.3) is 0 Å². The molecule has 0 aliphatic rings. The van der Waals surface area contributed by atoms with Gasteiger partial charge in [0, 0.05) is 18.7 Å². The van der Waals surface area contributed by atoms with Gasteiger partial charge in [0.2, 0.25) is 0 Å². The zero-order valence-electron chi connectivity index (χ0n) is 16.2. The maximum Gasteiger partial charge on any atom is 0.325 e. The van der Waals surface area contributed by atoms with Crippen molar-refractivity contribution in [2.45, 2.75) is 26.1 Å². The third kappa shape index (κ3) is 5.07. The molecule has 0 bridgehead atoms. The van der Waals surface area contributed by atoms with Gasteiger partial charge in [-0.05, 0) is 45.3 Å². The topological polar surface area (TPSA) is 53.0 Å². The molecule has 0 aliphatic carbocycles. The van der Waals surface area contributed by atoms with E-state index in [0.717, 1.165) is 17.7 Å². The molecule has 2 aromatic rings. The summed E-state index contributed by atoms with van der Waals surface area (Å²) in [6, 6.07) is 13.2. The molecule has 0 aromatic heterocycles. The third-order valence-corrected chi connectivity index (χ3v) is 4.31. The van der Waals surface area contributed by atoms with E-state index in [1.54, 1.807) is 7.11 Å². The summed E-state index contributed by atoms with van der Waals surface area (Å²) in [6.07, 6.45) is 0. The molecule has 1 N–H and O–H groups in total. The summed E-state index contributed by atoms with van der Waals surface area (Å²) in [5.41, 5.74) is 3.99. The predicted octanol–water partition coefficient (Wildman–Crippen LogP) is 3.32. The minimum atomic E-state index is -0.888. The van der Waals surface area contributed by atoms with Crippen molar-refractivity contribution in [2.24, 2.45) is 0 Å².